The average Bonchev–Trinajstić information content (AvgIpc) is 2.24. The van der Waals surface area contributed by atoms with Crippen LogP contribution < -0.4 is 10.5 Å². The Balaban J connectivity index is 2.85. The highest BCUT2D eigenvalue weighted by Crippen LogP contribution is 2.21. The molecule has 0 aromatic heterocycles. The molecule has 1 rings (SSSR count). The van der Waals surface area contributed by atoms with E-state index >= 15 is 0 Å². The molecule has 0 atom stereocenters. The predicted molar refractivity (Wildman–Crippen MR) is 69.4 cm³/mol. The van der Waals surface area contributed by atoms with Gasteiger partial charge in [0.25, 0.3) is 0 Å². The Bertz CT molecular complexity index is 380. The largest absolute Gasteiger partial charge is 0.493 e. The molecule has 0 radical (unpaired) electrons. The van der Waals surface area contributed by atoms with Crippen LogP contribution >= 0.6 is 0 Å². The molecule has 0 spiro atoms. The molecule has 1 aromatic carbocycles. The van der Waals surface area contributed by atoms with Crippen molar-refractivity contribution in [1.82, 2.24) is 0 Å². The molecule has 2 N–H and O–H groups in total. The van der Waals surface area contributed by atoms with Crippen molar-refractivity contribution in [2.24, 2.45) is 5.73 Å². The van der Waals surface area contributed by atoms with Gasteiger partial charge in [-0.3, -0.25) is 4.79 Å². The minimum Gasteiger partial charge on any atom is -0.493 e. The molecule has 0 saturated carbocycles. The van der Waals surface area contributed by atoms with Crippen molar-refractivity contribution >= 4 is 5.78 Å². The van der Waals surface area contributed by atoms with Gasteiger partial charge in [0.05, 0.1) is 12.2 Å². The number of nitrogens with two attached hydrogens (primary N) is 1. The highest BCUT2D eigenvalue weighted by molar-refractivity contribution is 5.99. The Morgan fingerprint density at radius 1 is 1.35 bits per heavy atom. The molecular weight excluding hydrogens is 214 g/mol. The van der Waals surface area contributed by atoms with E-state index in [9.17, 15) is 4.79 Å². The number of Topliss-reactive ketones (excluding diaryl/α,β-unsaturated/α-hetero) is 1. The summed E-state index contributed by atoms with van der Waals surface area (Å²) in [5, 5.41) is 0. The van der Waals surface area contributed by atoms with Crippen LogP contribution in [0.25, 0.3) is 0 Å². The van der Waals surface area contributed by atoms with Crippen LogP contribution in [0.2, 0.25) is 0 Å². The van der Waals surface area contributed by atoms with Crippen LogP contribution in [-0.4, -0.2) is 17.9 Å². The highest BCUT2D eigenvalue weighted by Gasteiger charge is 2.20. The first-order chi connectivity index (χ1) is 7.94. The molecule has 0 aliphatic carbocycles. The average molecular weight is 235 g/mol. The summed E-state index contributed by atoms with van der Waals surface area (Å²) in [5.41, 5.74) is 6.00. The quantitative estimate of drug-likeness (QED) is 0.771. The SMILES string of the molecule is CCCOc1ccccc1C(=O)CC(C)(C)N. The number of carbonyl (C=O) groups excluding carboxylic acids is 1. The van der Waals surface area contributed by atoms with Crippen molar-refractivity contribution in [2.45, 2.75) is 39.2 Å². The first kappa shape index (κ1) is 13.7. The number of ether oxygens (including phenoxy) is 1. The lowest BCUT2D eigenvalue weighted by Gasteiger charge is -2.18. The monoisotopic (exact) mass is 235 g/mol. The molecule has 0 amide bonds. The van der Waals surface area contributed by atoms with Crippen LogP contribution in [0.1, 0.15) is 44.0 Å². The summed E-state index contributed by atoms with van der Waals surface area (Å²) in [6.07, 6.45) is 1.24. The molecule has 0 aliphatic heterocycles. The van der Waals surface area contributed by atoms with E-state index in [0.29, 0.717) is 24.3 Å². The Morgan fingerprint density at radius 3 is 2.59 bits per heavy atom. The fraction of sp³-hybridized carbons (Fsp3) is 0.500. The van der Waals surface area contributed by atoms with Crippen molar-refractivity contribution in [3.63, 3.8) is 0 Å². The van der Waals surface area contributed by atoms with Crippen molar-refractivity contribution < 1.29 is 9.53 Å². The minimum absolute atomic E-state index is 0.0317. The van der Waals surface area contributed by atoms with E-state index in [1.54, 1.807) is 6.07 Å². The second-order valence-electron chi connectivity index (χ2n) is 4.93. The smallest absolute Gasteiger partial charge is 0.168 e. The third kappa shape index (κ3) is 4.57. The zero-order valence-corrected chi connectivity index (χ0v) is 10.8. The van der Waals surface area contributed by atoms with Crippen LogP contribution in [0.4, 0.5) is 0 Å². The molecule has 3 nitrogen and oxygen atoms in total. The van der Waals surface area contributed by atoms with E-state index in [0.717, 1.165) is 6.42 Å². The molecule has 0 fully saturated rings. The molecule has 0 unspecified atom stereocenters. The number of hydrogen-bond acceptors (Lipinski definition) is 3. The van der Waals surface area contributed by atoms with Gasteiger partial charge in [0, 0.05) is 12.0 Å². The van der Waals surface area contributed by atoms with Crippen molar-refractivity contribution in [1.29, 1.82) is 0 Å². The molecule has 0 bridgehead atoms. The second kappa shape index (κ2) is 5.82. The summed E-state index contributed by atoms with van der Waals surface area (Å²) < 4.78 is 5.56. The standard InChI is InChI=1S/C14H21NO2/c1-4-9-17-13-8-6-5-7-11(13)12(16)10-14(2,3)15/h5-8H,4,9-10,15H2,1-3H3. The van der Waals surface area contributed by atoms with Gasteiger partial charge in [-0.1, -0.05) is 19.1 Å². The lowest BCUT2D eigenvalue weighted by molar-refractivity contribution is 0.0956. The van der Waals surface area contributed by atoms with E-state index in [1.807, 2.05) is 39.0 Å². The highest BCUT2D eigenvalue weighted by atomic mass is 16.5. The molecule has 3 heteroatoms. The summed E-state index contributed by atoms with van der Waals surface area (Å²) in [5.74, 6) is 0.688. The predicted octanol–water partition coefficient (Wildman–Crippen LogP) is 2.79. The molecule has 0 aliphatic rings. The van der Waals surface area contributed by atoms with Gasteiger partial charge in [0.2, 0.25) is 0 Å². The topological polar surface area (TPSA) is 52.3 Å². The van der Waals surface area contributed by atoms with Crippen LogP contribution in [0.15, 0.2) is 24.3 Å². The minimum atomic E-state index is -0.491. The maximum atomic E-state index is 12.1. The zero-order valence-electron chi connectivity index (χ0n) is 10.8. The maximum absolute atomic E-state index is 12.1. The zero-order chi connectivity index (χ0) is 12.9. The van der Waals surface area contributed by atoms with E-state index in [4.69, 9.17) is 10.5 Å². The van der Waals surface area contributed by atoms with Crippen LogP contribution in [0.5, 0.6) is 5.75 Å². The third-order valence-electron chi connectivity index (χ3n) is 2.27. The Labute approximate surface area is 103 Å². The third-order valence-corrected chi connectivity index (χ3v) is 2.27. The van der Waals surface area contributed by atoms with Crippen molar-refractivity contribution in [3.05, 3.63) is 29.8 Å². The van der Waals surface area contributed by atoms with Gasteiger partial charge in [-0.25, -0.2) is 0 Å². The van der Waals surface area contributed by atoms with Crippen LogP contribution in [0, 0.1) is 0 Å². The molecule has 1 aromatic rings. The van der Waals surface area contributed by atoms with Gasteiger partial charge < -0.3 is 10.5 Å². The number of para-hydroxylation sites is 1. The molecular formula is C14H21NO2. The van der Waals surface area contributed by atoms with Gasteiger partial charge in [0.15, 0.2) is 5.78 Å². The number of ketones is 1. The number of hydrogen-bond donors (Lipinski definition) is 1. The normalized spacial score (nSPS) is 11.3. The Hall–Kier alpha value is -1.35. The first-order valence-electron chi connectivity index (χ1n) is 5.98. The van der Waals surface area contributed by atoms with E-state index in [-0.39, 0.29) is 5.78 Å². The van der Waals surface area contributed by atoms with E-state index < -0.39 is 5.54 Å². The molecule has 94 valence electrons. The molecule has 0 heterocycles. The van der Waals surface area contributed by atoms with Gasteiger partial charge in [-0.05, 0) is 32.4 Å². The maximum Gasteiger partial charge on any atom is 0.168 e. The van der Waals surface area contributed by atoms with Gasteiger partial charge in [-0.2, -0.15) is 0 Å². The Kier molecular flexibility index (Phi) is 4.70. The second-order valence-corrected chi connectivity index (χ2v) is 4.93. The van der Waals surface area contributed by atoms with E-state index in [1.165, 1.54) is 0 Å². The van der Waals surface area contributed by atoms with Gasteiger partial charge >= 0.3 is 0 Å². The lowest BCUT2D eigenvalue weighted by Crippen LogP contribution is -2.34. The lowest BCUT2D eigenvalue weighted by atomic mass is 9.95. The number of carbonyl (C=O) groups is 1. The van der Waals surface area contributed by atoms with Gasteiger partial charge in [0.1, 0.15) is 5.75 Å². The van der Waals surface area contributed by atoms with E-state index in [2.05, 4.69) is 0 Å². The van der Waals surface area contributed by atoms with Crippen molar-refractivity contribution in [2.75, 3.05) is 6.61 Å². The number of rotatable bonds is 6. The molecule has 0 saturated heterocycles. The van der Waals surface area contributed by atoms with Crippen LogP contribution in [-0.2, 0) is 0 Å². The Morgan fingerprint density at radius 2 is 2.00 bits per heavy atom. The molecule has 17 heavy (non-hydrogen) atoms. The van der Waals surface area contributed by atoms with Crippen LogP contribution in [0.3, 0.4) is 0 Å². The van der Waals surface area contributed by atoms with Crippen molar-refractivity contribution in [3.8, 4) is 5.75 Å². The summed E-state index contributed by atoms with van der Waals surface area (Å²) in [6, 6.07) is 7.33. The fourth-order valence-corrected chi connectivity index (χ4v) is 1.54. The first-order valence-corrected chi connectivity index (χ1v) is 5.98. The summed E-state index contributed by atoms with van der Waals surface area (Å²) in [4.78, 5) is 12.1. The summed E-state index contributed by atoms with van der Waals surface area (Å²) in [7, 11) is 0. The fourth-order valence-electron chi connectivity index (χ4n) is 1.54. The summed E-state index contributed by atoms with van der Waals surface area (Å²) in [6.45, 7) is 6.35. The summed E-state index contributed by atoms with van der Waals surface area (Å²) >= 11 is 0. The number of benzene rings is 1. The van der Waals surface area contributed by atoms with Gasteiger partial charge in [-0.15, -0.1) is 0 Å².